The smallest absolute Gasteiger partial charge is 0.329 e. The van der Waals surface area contributed by atoms with Gasteiger partial charge >= 0.3 is 5.97 Å². The molecule has 0 radical (unpaired) electrons. The van der Waals surface area contributed by atoms with Gasteiger partial charge in [0.1, 0.15) is 17.3 Å². The first-order valence-electron chi connectivity index (χ1n) is 5.39. The lowest BCUT2D eigenvalue weighted by molar-refractivity contribution is -0.141. The quantitative estimate of drug-likeness (QED) is 0.812. The number of rotatable bonds is 5. The molecule has 90 valence electrons. The molecule has 0 aliphatic heterocycles. The lowest BCUT2D eigenvalue weighted by Crippen LogP contribution is -2.43. The van der Waals surface area contributed by atoms with E-state index in [1.807, 2.05) is 13.0 Å². The minimum absolute atomic E-state index is 0.308. The molecule has 0 aliphatic carbocycles. The largest absolute Gasteiger partial charge is 0.480 e. The van der Waals surface area contributed by atoms with E-state index in [0.29, 0.717) is 17.8 Å². The zero-order valence-corrected chi connectivity index (χ0v) is 9.90. The van der Waals surface area contributed by atoms with Crippen molar-refractivity contribution in [2.75, 3.05) is 5.32 Å². The second kappa shape index (κ2) is 5.30. The van der Waals surface area contributed by atoms with Crippen LogP contribution in [0.3, 0.4) is 0 Å². The van der Waals surface area contributed by atoms with Gasteiger partial charge in [-0.05, 0) is 25.5 Å². The second-order valence-corrected chi connectivity index (χ2v) is 4.06. The number of nitriles is 1. The number of hydrogen-bond acceptors (Lipinski definition) is 4. The first kappa shape index (κ1) is 13.0. The summed E-state index contributed by atoms with van der Waals surface area (Å²) < 4.78 is 0. The molecule has 0 aromatic carbocycles. The summed E-state index contributed by atoms with van der Waals surface area (Å²) in [4.78, 5) is 15.1. The minimum atomic E-state index is -1.01. The van der Waals surface area contributed by atoms with E-state index < -0.39 is 11.5 Å². The Kier molecular flexibility index (Phi) is 4.05. The Morgan fingerprint density at radius 1 is 1.65 bits per heavy atom. The van der Waals surface area contributed by atoms with Crippen LogP contribution in [0.5, 0.6) is 0 Å². The lowest BCUT2D eigenvalue weighted by Gasteiger charge is -2.26. The standard InChI is InChI=1S/C12H15N3O2/c1-3-6-12(2,11(16)17)15-10-5-4-9(7-13)14-8-10/h4-5,8,15H,3,6H2,1-2H3,(H,16,17). The molecule has 0 saturated carbocycles. The highest BCUT2D eigenvalue weighted by Gasteiger charge is 2.31. The van der Waals surface area contributed by atoms with E-state index >= 15 is 0 Å². The van der Waals surface area contributed by atoms with Crippen LogP contribution in [-0.2, 0) is 4.79 Å². The number of carbonyl (C=O) groups is 1. The van der Waals surface area contributed by atoms with Gasteiger partial charge in [0.15, 0.2) is 0 Å². The molecule has 1 unspecified atom stereocenters. The Labute approximate surface area is 100 Å². The zero-order valence-electron chi connectivity index (χ0n) is 9.90. The Morgan fingerprint density at radius 2 is 2.35 bits per heavy atom. The van der Waals surface area contributed by atoms with Gasteiger partial charge in [-0.3, -0.25) is 0 Å². The molecule has 1 rings (SSSR count). The van der Waals surface area contributed by atoms with Crippen molar-refractivity contribution in [3.8, 4) is 6.07 Å². The van der Waals surface area contributed by atoms with Gasteiger partial charge in [-0.15, -0.1) is 0 Å². The third-order valence-corrected chi connectivity index (χ3v) is 2.52. The van der Waals surface area contributed by atoms with Crippen molar-refractivity contribution in [3.05, 3.63) is 24.0 Å². The number of carboxylic acids is 1. The van der Waals surface area contributed by atoms with Gasteiger partial charge < -0.3 is 10.4 Å². The zero-order chi connectivity index (χ0) is 12.9. The number of hydrogen-bond donors (Lipinski definition) is 2. The van der Waals surface area contributed by atoms with Crippen LogP contribution in [0, 0.1) is 11.3 Å². The van der Waals surface area contributed by atoms with Crippen LogP contribution < -0.4 is 5.32 Å². The lowest BCUT2D eigenvalue weighted by atomic mass is 9.96. The van der Waals surface area contributed by atoms with Gasteiger partial charge in [0, 0.05) is 0 Å². The fourth-order valence-corrected chi connectivity index (χ4v) is 1.58. The highest BCUT2D eigenvalue weighted by Crippen LogP contribution is 2.20. The first-order chi connectivity index (χ1) is 8.01. The van der Waals surface area contributed by atoms with E-state index in [2.05, 4.69) is 10.3 Å². The van der Waals surface area contributed by atoms with Crippen LogP contribution in [-0.4, -0.2) is 21.6 Å². The van der Waals surface area contributed by atoms with Crippen molar-refractivity contribution >= 4 is 11.7 Å². The molecule has 17 heavy (non-hydrogen) atoms. The fourth-order valence-electron chi connectivity index (χ4n) is 1.58. The van der Waals surface area contributed by atoms with Crippen LogP contribution in [0.1, 0.15) is 32.4 Å². The minimum Gasteiger partial charge on any atom is -0.480 e. The number of carboxylic acid groups (broad SMARTS) is 1. The van der Waals surface area contributed by atoms with Crippen molar-refractivity contribution in [3.63, 3.8) is 0 Å². The van der Waals surface area contributed by atoms with Crippen LogP contribution in [0.4, 0.5) is 5.69 Å². The van der Waals surface area contributed by atoms with Gasteiger partial charge in [-0.2, -0.15) is 5.26 Å². The van der Waals surface area contributed by atoms with Crippen molar-refractivity contribution in [2.45, 2.75) is 32.2 Å². The molecule has 0 amide bonds. The van der Waals surface area contributed by atoms with E-state index in [9.17, 15) is 9.90 Å². The maximum Gasteiger partial charge on any atom is 0.329 e. The SMILES string of the molecule is CCCC(C)(Nc1ccc(C#N)nc1)C(=O)O. The van der Waals surface area contributed by atoms with E-state index in [-0.39, 0.29) is 0 Å². The Morgan fingerprint density at radius 3 is 2.76 bits per heavy atom. The van der Waals surface area contributed by atoms with Gasteiger partial charge in [-0.1, -0.05) is 13.3 Å². The topological polar surface area (TPSA) is 86.0 Å². The summed E-state index contributed by atoms with van der Waals surface area (Å²) in [5.74, 6) is -0.899. The number of pyridine rings is 1. The summed E-state index contributed by atoms with van der Waals surface area (Å²) in [7, 11) is 0. The van der Waals surface area contributed by atoms with Crippen molar-refractivity contribution in [2.24, 2.45) is 0 Å². The Balaban J connectivity index is 2.87. The molecule has 0 fully saturated rings. The first-order valence-corrected chi connectivity index (χ1v) is 5.39. The van der Waals surface area contributed by atoms with Gasteiger partial charge in [0.2, 0.25) is 0 Å². The highest BCUT2D eigenvalue weighted by atomic mass is 16.4. The predicted molar refractivity (Wildman–Crippen MR) is 63.5 cm³/mol. The summed E-state index contributed by atoms with van der Waals surface area (Å²) in [6.07, 6.45) is 2.75. The summed E-state index contributed by atoms with van der Waals surface area (Å²) in [5, 5.41) is 20.7. The Hall–Kier alpha value is -2.09. The molecule has 0 aliphatic rings. The third kappa shape index (κ3) is 3.18. The molecule has 0 bridgehead atoms. The summed E-state index contributed by atoms with van der Waals surface area (Å²) in [6, 6.07) is 5.12. The monoisotopic (exact) mass is 233 g/mol. The predicted octanol–water partition coefficient (Wildman–Crippen LogP) is 2.01. The molecule has 0 saturated heterocycles. The number of aromatic nitrogens is 1. The van der Waals surface area contributed by atoms with Crippen molar-refractivity contribution in [1.29, 1.82) is 5.26 Å². The average molecular weight is 233 g/mol. The van der Waals surface area contributed by atoms with E-state index in [0.717, 1.165) is 6.42 Å². The van der Waals surface area contributed by atoms with Gasteiger partial charge in [0.25, 0.3) is 0 Å². The molecule has 1 aromatic heterocycles. The molecule has 1 aromatic rings. The van der Waals surface area contributed by atoms with Crippen molar-refractivity contribution < 1.29 is 9.90 Å². The summed E-state index contributed by atoms with van der Waals surface area (Å²) >= 11 is 0. The molecule has 0 spiro atoms. The van der Waals surface area contributed by atoms with E-state index in [1.54, 1.807) is 19.1 Å². The normalized spacial score (nSPS) is 13.5. The molecule has 2 N–H and O–H groups in total. The summed E-state index contributed by atoms with van der Waals surface area (Å²) in [6.45, 7) is 3.57. The van der Waals surface area contributed by atoms with E-state index in [1.165, 1.54) is 6.20 Å². The van der Waals surface area contributed by atoms with E-state index in [4.69, 9.17) is 5.26 Å². The van der Waals surface area contributed by atoms with Crippen LogP contribution in [0.15, 0.2) is 18.3 Å². The maximum atomic E-state index is 11.2. The van der Waals surface area contributed by atoms with Gasteiger partial charge in [0.05, 0.1) is 11.9 Å². The fraction of sp³-hybridized carbons (Fsp3) is 0.417. The number of nitrogens with one attached hydrogen (secondary N) is 1. The molecule has 1 heterocycles. The number of nitrogens with zero attached hydrogens (tertiary/aromatic N) is 2. The van der Waals surface area contributed by atoms with Crippen molar-refractivity contribution in [1.82, 2.24) is 4.98 Å². The average Bonchev–Trinajstić information content (AvgIpc) is 2.30. The molecule has 5 heteroatoms. The third-order valence-electron chi connectivity index (χ3n) is 2.52. The molecule has 1 atom stereocenters. The second-order valence-electron chi connectivity index (χ2n) is 4.06. The molecular weight excluding hydrogens is 218 g/mol. The Bertz CT molecular complexity index is 436. The molecule has 5 nitrogen and oxygen atoms in total. The highest BCUT2D eigenvalue weighted by molar-refractivity contribution is 5.82. The number of aliphatic carboxylic acids is 1. The number of anilines is 1. The van der Waals surface area contributed by atoms with Gasteiger partial charge in [-0.25, -0.2) is 9.78 Å². The maximum absolute atomic E-state index is 11.2. The van der Waals surface area contributed by atoms with Crippen LogP contribution in [0.2, 0.25) is 0 Å². The molecular formula is C12H15N3O2. The summed E-state index contributed by atoms with van der Waals surface area (Å²) in [5.41, 5.74) is -0.102. The van der Waals surface area contributed by atoms with Crippen LogP contribution >= 0.6 is 0 Å². The van der Waals surface area contributed by atoms with Crippen LogP contribution in [0.25, 0.3) is 0 Å².